The molecule has 1 amide bonds. The highest BCUT2D eigenvalue weighted by Gasteiger charge is 2.27. The van der Waals surface area contributed by atoms with Crippen molar-refractivity contribution in [2.45, 2.75) is 50.8 Å². The first-order valence-electron chi connectivity index (χ1n) is 12.0. The molecule has 9 nitrogen and oxygen atoms in total. The molecule has 36 heavy (non-hydrogen) atoms. The van der Waals surface area contributed by atoms with Crippen LogP contribution in [0.4, 0.5) is 11.4 Å². The Bertz CT molecular complexity index is 1280. The topological polar surface area (TPSA) is 113 Å². The van der Waals surface area contributed by atoms with E-state index in [9.17, 15) is 21.6 Å². The zero-order valence-corrected chi connectivity index (χ0v) is 22.9. The summed E-state index contributed by atoms with van der Waals surface area (Å²) in [6, 6.07) is 9.98. The lowest BCUT2D eigenvalue weighted by Gasteiger charge is -2.26. The summed E-state index contributed by atoms with van der Waals surface area (Å²) in [7, 11) is -5.77. The predicted octanol–water partition coefficient (Wildman–Crippen LogP) is 3.67. The van der Waals surface area contributed by atoms with Gasteiger partial charge in [0.15, 0.2) is 0 Å². The van der Waals surface area contributed by atoms with Gasteiger partial charge in [-0.25, -0.2) is 16.8 Å². The molecule has 2 aromatic rings. The predicted molar refractivity (Wildman–Crippen MR) is 142 cm³/mol. The number of hydrogen-bond acceptors (Lipinski definition) is 6. The zero-order chi connectivity index (χ0) is 26.5. The third-order valence-corrected chi connectivity index (χ3v) is 9.15. The maximum Gasteiger partial charge on any atom is 0.243 e. The standard InChI is InChI=1S/C25H35N3O6S2/c1-19-15-20(2)17-21(16-19)28(35(4,30)31)14-8-9-25(29)26-23-18-22(10-11-24(23)34-3)36(32,33)27-12-6-5-7-13-27/h10-11,15-18H,5-9,12-14H2,1-4H3,(H,26,29). The van der Waals surface area contributed by atoms with Crippen LogP contribution in [0.2, 0.25) is 0 Å². The molecule has 11 heteroatoms. The summed E-state index contributed by atoms with van der Waals surface area (Å²) in [5.41, 5.74) is 2.72. The second-order valence-corrected chi connectivity index (χ2v) is 13.0. The molecule has 3 rings (SSSR count). The van der Waals surface area contributed by atoms with Crippen LogP contribution in [0, 0.1) is 13.8 Å². The van der Waals surface area contributed by atoms with Crippen molar-refractivity contribution in [1.82, 2.24) is 4.31 Å². The highest BCUT2D eigenvalue weighted by molar-refractivity contribution is 7.92. The number of sulfonamides is 2. The number of piperidine rings is 1. The van der Waals surface area contributed by atoms with E-state index < -0.39 is 20.0 Å². The van der Waals surface area contributed by atoms with Gasteiger partial charge in [-0.05, 0) is 74.6 Å². The summed E-state index contributed by atoms with van der Waals surface area (Å²) in [6.07, 6.45) is 4.13. The number of rotatable bonds is 10. The number of nitrogens with zero attached hydrogens (tertiary/aromatic N) is 2. The van der Waals surface area contributed by atoms with Crippen LogP contribution in [-0.4, -0.2) is 60.0 Å². The van der Waals surface area contributed by atoms with Crippen molar-refractivity contribution in [2.75, 3.05) is 42.6 Å². The zero-order valence-electron chi connectivity index (χ0n) is 21.3. The third kappa shape index (κ3) is 6.98. The summed E-state index contributed by atoms with van der Waals surface area (Å²) in [5.74, 6) is -0.0244. The van der Waals surface area contributed by atoms with E-state index in [-0.39, 0.29) is 35.9 Å². The molecule has 0 unspecified atom stereocenters. The molecule has 1 fully saturated rings. The van der Waals surface area contributed by atoms with Gasteiger partial charge in [-0.3, -0.25) is 9.10 Å². The maximum absolute atomic E-state index is 13.1. The van der Waals surface area contributed by atoms with Gasteiger partial charge in [0.25, 0.3) is 0 Å². The summed E-state index contributed by atoms with van der Waals surface area (Å²) in [6.45, 7) is 4.89. The largest absolute Gasteiger partial charge is 0.495 e. The third-order valence-electron chi connectivity index (χ3n) is 6.06. The van der Waals surface area contributed by atoms with Gasteiger partial charge >= 0.3 is 0 Å². The molecule has 0 aliphatic carbocycles. The van der Waals surface area contributed by atoms with E-state index in [1.807, 2.05) is 19.9 Å². The Kier molecular flexibility index (Phi) is 9.02. The van der Waals surface area contributed by atoms with Crippen molar-refractivity contribution >= 4 is 37.3 Å². The number of carbonyl (C=O) groups excluding carboxylic acids is 1. The van der Waals surface area contributed by atoms with E-state index in [2.05, 4.69) is 5.32 Å². The van der Waals surface area contributed by atoms with E-state index in [0.717, 1.165) is 36.6 Å². The maximum atomic E-state index is 13.1. The monoisotopic (exact) mass is 537 g/mol. The van der Waals surface area contributed by atoms with Crippen molar-refractivity contribution in [3.63, 3.8) is 0 Å². The fourth-order valence-corrected chi connectivity index (χ4v) is 6.87. The summed E-state index contributed by atoms with van der Waals surface area (Å²) in [4.78, 5) is 12.8. The quantitative estimate of drug-likeness (QED) is 0.495. The Morgan fingerprint density at radius 1 is 1.00 bits per heavy atom. The van der Waals surface area contributed by atoms with Crippen LogP contribution in [0.3, 0.4) is 0 Å². The lowest BCUT2D eigenvalue weighted by Crippen LogP contribution is -2.35. The number of aryl methyl sites for hydroxylation is 2. The second kappa shape index (κ2) is 11.6. The van der Waals surface area contributed by atoms with Crippen LogP contribution in [-0.2, 0) is 24.8 Å². The molecule has 1 aliphatic rings. The smallest absolute Gasteiger partial charge is 0.243 e. The highest BCUT2D eigenvalue weighted by atomic mass is 32.2. The highest BCUT2D eigenvalue weighted by Crippen LogP contribution is 2.30. The van der Waals surface area contributed by atoms with Crippen LogP contribution in [0.15, 0.2) is 41.3 Å². The number of hydrogen-bond donors (Lipinski definition) is 1. The number of nitrogens with one attached hydrogen (secondary N) is 1. The first-order chi connectivity index (χ1) is 16.9. The molecule has 0 atom stereocenters. The molecule has 198 valence electrons. The minimum atomic E-state index is -3.67. The number of ether oxygens (including phenoxy) is 1. The van der Waals surface area contributed by atoms with Gasteiger partial charge in [0.2, 0.25) is 26.0 Å². The van der Waals surface area contributed by atoms with Crippen LogP contribution < -0.4 is 14.4 Å². The Balaban J connectivity index is 1.70. The average Bonchev–Trinajstić information content (AvgIpc) is 2.81. The molecular weight excluding hydrogens is 502 g/mol. The lowest BCUT2D eigenvalue weighted by molar-refractivity contribution is -0.116. The molecule has 0 radical (unpaired) electrons. The average molecular weight is 538 g/mol. The lowest BCUT2D eigenvalue weighted by atomic mass is 10.1. The SMILES string of the molecule is COc1ccc(S(=O)(=O)N2CCCCC2)cc1NC(=O)CCCN(c1cc(C)cc(C)c1)S(C)(=O)=O. The number of benzene rings is 2. The van der Waals surface area contributed by atoms with Gasteiger partial charge in [-0.1, -0.05) is 12.5 Å². The van der Waals surface area contributed by atoms with Gasteiger partial charge in [0.1, 0.15) is 5.75 Å². The van der Waals surface area contributed by atoms with Crippen LogP contribution in [0.25, 0.3) is 0 Å². The fraction of sp³-hybridized carbons (Fsp3) is 0.480. The van der Waals surface area contributed by atoms with Crippen LogP contribution >= 0.6 is 0 Å². The molecule has 0 bridgehead atoms. The van der Waals surface area contributed by atoms with Gasteiger partial charge in [0.05, 0.1) is 29.6 Å². The van der Waals surface area contributed by atoms with E-state index in [4.69, 9.17) is 4.74 Å². The number of anilines is 2. The van der Waals surface area contributed by atoms with Gasteiger partial charge in [-0.15, -0.1) is 0 Å². The van der Waals surface area contributed by atoms with Crippen molar-refractivity contribution in [3.05, 3.63) is 47.5 Å². The summed E-state index contributed by atoms with van der Waals surface area (Å²) >= 11 is 0. The van der Waals surface area contributed by atoms with Crippen molar-refractivity contribution in [3.8, 4) is 5.75 Å². The van der Waals surface area contributed by atoms with Crippen molar-refractivity contribution in [2.24, 2.45) is 0 Å². The van der Waals surface area contributed by atoms with Crippen LogP contribution in [0.5, 0.6) is 5.75 Å². The van der Waals surface area contributed by atoms with E-state index >= 15 is 0 Å². The van der Waals surface area contributed by atoms with E-state index in [1.54, 1.807) is 12.1 Å². The Morgan fingerprint density at radius 3 is 2.22 bits per heavy atom. The Morgan fingerprint density at radius 2 is 1.64 bits per heavy atom. The molecule has 1 aliphatic heterocycles. The first kappa shape index (κ1) is 27.9. The van der Waals surface area contributed by atoms with E-state index in [0.29, 0.717) is 24.5 Å². The molecule has 0 saturated carbocycles. The first-order valence-corrected chi connectivity index (χ1v) is 15.2. The minimum Gasteiger partial charge on any atom is -0.495 e. The van der Waals surface area contributed by atoms with Gasteiger partial charge < -0.3 is 10.1 Å². The van der Waals surface area contributed by atoms with Crippen molar-refractivity contribution in [1.29, 1.82) is 0 Å². The van der Waals surface area contributed by atoms with E-state index in [1.165, 1.54) is 33.9 Å². The molecule has 1 heterocycles. The number of carbonyl (C=O) groups is 1. The van der Waals surface area contributed by atoms with Gasteiger partial charge in [0, 0.05) is 26.1 Å². The summed E-state index contributed by atoms with van der Waals surface area (Å²) in [5, 5.41) is 2.73. The Labute approximate surface area is 214 Å². The van der Waals surface area contributed by atoms with Gasteiger partial charge in [-0.2, -0.15) is 4.31 Å². The number of amides is 1. The molecular formula is C25H35N3O6S2. The fourth-order valence-electron chi connectivity index (χ4n) is 4.38. The molecule has 0 spiro atoms. The normalized spacial score (nSPS) is 14.9. The minimum absolute atomic E-state index is 0.0447. The summed E-state index contributed by atoms with van der Waals surface area (Å²) < 4.78 is 59.0. The van der Waals surface area contributed by atoms with Crippen molar-refractivity contribution < 1.29 is 26.4 Å². The molecule has 1 saturated heterocycles. The molecule has 1 N–H and O–H groups in total. The second-order valence-electron chi connectivity index (χ2n) is 9.16. The van der Waals surface area contributed by atoms with Crippen LogP contribution in [0.1, 0.15) is 43.2 Å². The molecule has 2 aromatic carbocycles. The Hall–Kier alpha value is -2.63. The molecule has 0 aromatic heterocycles. The number of methoxy groups -OCH3 is 1.